The molecule has 0 saturated carbocycles. The number of nitrogens with zero attached hydrogens (tertiary/aromatic N) is 2. The molecular weight excluding hydrogens is 431 g/mol. The second-order valence-electron chi connectivity index (χ2n) is 8.34. The van der Waals surface area contributed by atoms with Crippen molar-refractivity contribution in [2.75, 3.05) is 6.61 Å². The highest BCUT2D eigenvalue weighted by atomic mass is 19.1. The third-order valence-electron chi connectivity index (χ3n) is 5.52. The summed E-state index contributed by atoms with van der Waals surface area (Å²) in [5.74, 6) is -0.0900. The number of benzene rings is 2. The van der Waals surface area contributed by atoms with Crippen molar-refractivity contribution in [2.24, 2.45) is 0 Å². The standard InChI is InChI=1S/C28H33FN2O3/c1-3-5-7-9-17-33-24-15-16-25(26(29)18-24)28(32)34-23-13-11-22(12-14-23)27-30-19-21(20-31-27)10-8-6-4-2/h11-16,18-20H,3-10,17H2,1-2H3. The molecule has 0 amide bonds. The van der Waals surface area contributed by atoms with Crippen LogP contribution < -0.4 is 9.47 Å². The molecular formula is C28H33FN2O3. The maximum absolute atomic E-state index is 14.5. The van der Waals surface area contributed by atoms with Gasteiger partial charge in [-0.1, -0.05) is 46.0 Å². The fraction of sp³-hybridized carbons (Fsp3) is 0.393. The lowest BCUT2D eigenvalue weighted by molar-refractivity contribution is 0.0730. The minimum atomic E-state index is -0.757. The first-order valence-electron chi connectivity index (χ1n) is 12.2. The fourth-order valence-corrected chi connectivity index (χ4v) is 3.52. The summed E-state index contributed by atoms with van der Waals surface area (Å²) in [5.41, 5.74) is 1.80. The van der Waals surface area contributed by atoms with Crippen LogP contribution in [0.25, 0.3) is 11.4 Å². The summed E-state index contributed by atoms with van der Waals surface area (Å²) in [6.07, 6.45) is 12.5. The summed E-state index contributed by atoms with van der Waals surface area (Å²) in [5, 5.41) is 0. The lowest BCUT2D eigenvalue weighted by Crippen LogP contribution is -2.11. The third-order valence-corrected chi connectivity index (χ3v) is 5.52. The van der Waals surface area contributed by atoms with Crippen molar-refractivity contribution in [1.82, 2.24) is 9.97 Å². The molecule has 0 radical (unpaired) electrons. The van der Waals surface area contributed by atoms with Crippen LogP contribution in [0.1, 0.15) is 74.7 Å². The molecule has 0 unspecified atom stereocenters. The highest BCUT2D eigenvalue weighted by molar-refractivity contribution is 5.91. The van der Waals surface area contributed by atoms with Gasteiger partial charge in [-0.25, -0.2) is 19.2 Å². The summed E-state index contributed by atoms with van der Waals surface area (Å²) < 4.78 is 25.4. The van der Waals surface area contributed by atoms with E-state index in [1.807, 2.05) is 12.4 Å². The third kappa shape index (κ3) is 7.65. The van der Waals surface area contributed by atoms with E-state index in [9.17, 15) is 9.18 Å². The molecule has 1 heterocycles. The Labute approximate surface area is 201 Å². The van der Waals surface area contributed by atoms with Crippen molar-refractivity contribution in [3.05, 3.63) is 71.8 Å². The van der Waals surface area contributed by atoms with E-state index >= 15 is 0 Å². The van der Waals surface area contributed by atoms with Crippen molar-refractivity contribution in [3.8, 4) is 22.9 Å². The predicted molar refractivity (Wildman–Crippen MR) is 132 cm³/mol. The number of halogens is 1. The lowest BCUT2D eigenvalue weighted by atomic mass is 10.1. The largest absolute Gasteiger partial charge is 0.493 e. The van der Waals surface area contributed by atoms with Crippen LogP contribution in [0.4, 0.5) is 4.39 Å². The molecule has 0 aliphatic rings. The second kappa shape index (κ2) is 13.4. The molecule has 1 aromatic heterocycles. The molecule has 0 fully saturated rings. The summed E-state index contributed by atoms with van der Waals surface area (Å²) in [6, 6.07) is 11.1. The number of ether oxygens (including phenoxy) is 2. The average Bonchev–Trinajstić information content (AvgIpc) is 2.85. The maximum atomic E-state index is 14.5. The average molecular weight is 465 g/mol. The number of esters is 1. The van der Waals surface area contributed by atoms with E-state index in [0.29, 0.717) is 23.9 Å². The number of aryl methyl sites for hydroxylation is 1. The molecule has 0 saturated heterocycles. The molecule has 0 N–H and O–H groups in total. The molecule has 0 spiro atoms. The van der Waals surface area contributed by atoms with E-state index in [4.69, 9.17) is 9.47 Å². The van der Waals surface area contributed by atoms with Crippen LogP contribution in [0.3, 0.4) is 0 Å². The van der Waals surface area contributed by atoms with Crippen molar-refractivity contribution < 1.29 is 18.7 Å². The van der Waals surface area contributed by atoms with Crippen molar-refractivity contribution >= 4 is 5.97 Å². The molecule has 0 aliphatic heterocycles. The van der Waals surface area contributed by atoms with Gasteiger partial charge in [-0.05, 0) is 61.2 Å². The molecule has 3 aromatic rings. The van der Waals surface area contributed by atoms with Gasteiger partial charge in [0.2, 0.25) is 0 Å². The van der Waals surface area contributed by atoms with Crippen LogP contribution in [0.5, 0.6) is 11.5 Å². The Balaban J connectivity index is 1.55. The van der Waals surface area contributed by atoms with Crippen LogP contribution in [-0.4, -0.2) is 22.5 Å². The summed E-state index contributed by atoms with van der Waals surface area (Å²) in [7, 11) is 0. The van der Waals surface area contributed by atoms with E-state index in [-0.39, 0.29) is 5.56 Å². The first kappa shape index (κ1) is 25.3. The van der Waals surface area contributed by atoms with Gasteiger partial charge in [0, 0.05) is 24.0 Å². The van der Waals surface area contributed by atoms with E-state index < -0.39 is 11.8 Å². The zero-order chi connectivity index (χ0) is 24.2. The molecule has 2 aromatic carbocycles. The minimum Gasteiger partial charge on any atom is -0.493 e. The smallest absolute Gasteiger partial charge is 0.346 e. The number of unbranched alkanes of at least 4 members (excludes halogenated alkanes) is 5. The summed E-state index contributed by atoms with van der Waals surface area (Å²) in [4.78, 5) is 21.3. The first-order chi connectivity index (χ1) is 16.6. The number of rotatable bonds is 13. The number of hydrogen-bond acceptors (Lipinski definition) is 5. The molecule has 180 valence electrons. The van der Waals surface area contributed by atoms with Crippen molar-refractivity contribution in [1.29, 1.82) is 0 Å². The Kier molecular flexibility index (Phi) is 10.0. The predicted octanol–water partition coefficient (Wildman–Crippen LogP) is 7.19. The van der Waals surface area contributed by atoms with Crippen molar-refractivity contribution in [2.45, 2.75) is 65.2 Å². The van der Waals surface area contributed by atoms with Crippen LogP contribution in [0.15, 0.2) is 54.9 Å². The molecule has 0 bridgehead atoms. The van der Waals surface area contributed by atoms with E-state index in [2.05, 4.69) is 23.8 Å². The van der Waals surface area contributed by atoms with Crippen LogP contribution in [0, 0.1) is 5.82 Å². The Hall–Kier alpha value is -3.28. The Bertz CT molecular complexity index is 1040. The Morgan fingerprint density at radius 3 is 2.21 bits per heavy atom. The van der Waals surface area contributed by atoms with Crippen molar-refractivity contribution in [3.63, 3.8) is 0 Å². The van der Waals surface area contributed by atoms with E-state index in [1.54, 1.807) is 30.3 Å². The minimum absolute atomic E-state index is 0.135. The summed E-state index contributed by atoms with van der Waals surface area (Å²) in [6.45, 7) is 4.85. The molecule has 0 aliphatic carbocycles. The number of carbonyl (C=O) groups excluding carboxylic acids is 1. The van der Waals surface area contributed by atoms with Gasteiger partial charge < -0.3 is 9.47 Å². The van der Waals surface area contributed by atoms with Gasteiger partial charge in [0.05, 0.1) is 12.2 Å². The van der Waals surface area contributed by atoms with Gasteiger partial charge in [-0.3, -0.25) is 0 Å². The number of carbonyl (C=O) groups is 1. The van der Waals surface area contributed by atoms with Crippen LogP contribution in [-0.2, 0) is 6.42 Å². The molecule has 0 atom stereocenters. The Morgan fingerprint density at radius 2 is 1.53 bits per heavy atom. The van der Waals surface area contributed by atoms with E-state index in [1.165, 1.54) is 25.0 Å². The molecule has 3 rings (SSSR count). The quantitative estimate of drug-likeness (QED) is 0.152. The topological polar surface area (TPSA) is 61.3 Å². The van der Waals surface area contributed by atoms with Gasteiger partial charge in [0.1, 0.15) is 17.3 Å². The highest BCUT2D eigenvalue weighted by Crippen LogP contribution is 2.22. The molecule has 34 heavy (non-hydrogen) atoms. The highest BCUT2D eigenvalue weighted by Gasteiger charge is 2.15. The number of aromatic nitrogens is 2. The monoisotopic (exact) mass is 464 g/mol. The van der Waals surface area contributed by atoms with Gasteiger partial charge in [-0.15, -0.1) is 0 Å². The normalized spacial score (nSPS) is 10.8. The van der Waals surface area contributed by atoms with Gasteiger partial charge >= 0.3 is 5.97 Å². The second-order valence-corrected chi connectivity index (χ2v) is 8.34. The Morgan fingerprint density at radius 1 is 0.853 bits per heavy atom. The van der Waals surface area contributed by atoms with Crippen LogP contribution in [0.2, 0.25) is 0 Å². The summed E-state index contributed by atoms with van der Waals surface area (Å²) >= 11 is 0. The van der Waals surface area contributed by atoms with Gasteiger partial charge in [-0.2, -0.15) is 0 Å². The maximum Gasteiger partial charge on any atom is 0.346 e. The van der Waals surface area contributed by atoms with E-state index in [0.717, 1.165) is 49.7 Å². The zero-order valence-corrected chi connectivity index (χ0v) is 20.1. The molecule has 6 heteroatoms. The fourth-order valence-electron chi connectivity index (χ4n) is 3.52. The first-order valence-corrected chi connectivity index (χ1v) is 12.2. The number of hydrogen-bond donors (Lipinski definition) is 0. The SMILES string of the molecule is CCCCCCOc1ccc(C(=O)Oc2ccc(-c3ncc(CCCCC)cn3)cc2)c(F)c1. The molecule has 5 nitrogen and oxygen atoms in total. The lowest BCUT2D eigenvalue weighted by Gasteiger charge is -2.09. The van der Waals surface area contributed by atoms with Gasteiger partial charge in [0.25, 0.3) is 0 Å². The zero-order valence-electron chi connectivity index (χ0n) is 20.1. The van der Waals surface area contributed by atoms with Crippen LogP contribution >= 0.6 is 0 Å². The van der Waals surface area contributed by atoms with Gasteiger partial charge in [0.15, 0.2) is 5.82 Å².